The Bertz CT molecular complexity index is 1880. The Kier molecular flexibility index (Phi) is 8.19. The lowest BCUT2D eigenvalue weighted by atomic mass is 9.91. The number of likely N-dealkylation sites (tertiary alicyclic amines) is 1. The summed E-state index contributed by atoms with van der Waals surface area (Å²) in [5, 5.41) is 6.41. The molecule has 4 aromatic carbocycles. The van der Waals surface area contributed by atoms with Crippen LogP contribution >= 0.6 is 0 Å². The summed E-state index contributed by atoms with van der Waals surface area (Å²) in [6.45, 7) is 10.5. The number of benzene rings is 4. The van der Waals surface area contributed by atoms with Crippen molar-refractivity contribution in [1.82, 2.24) is 9.47 Å². The van der Waals surface area contributed by atoms with E-state index in [1.54, 1.807) is 0 Å². The molecule has 2 heterocycles. The molecule has 0 amide bonds. The number of carbonyl (C=O) groups excluding carboxylic acids is 2. The van der Waals surface area contributed by atoms with Crippen LogP contribution in [0.25, 0.3) is 21.8 Å². The molecular weight excluding hydrogens is 546 g/mol. The number of ketones is 1. The molecule has 0 spiro atoms. The van der Waals surface area contributed by atoms with Gasteiger partial charge in [-0.1, -0.05) is 65.8 Å². The number of rotatable bonds is 9. The van der Waals surface area contributed by atoms with Crippen molar-refractivity contribution in [3.05, 3.63) is 119 Å². The number of hydrogen-bond acceptors (Lipinski definition) is 5. The molecule has 6 nitrogen and oxygen atoms in total. The standard InChI is InChI=1S/C38H39N3O3/c1-5-41-34-19-17-29(23-32(34)33-24-30(18-20-35(33)41)36(42)31-16-10-9-13-26(31)2)27(3)39-44-37(43)38(4,40-21-11-12-22-40)25-28-14-7-6-8-15-28/h6-10,13-20,23-24H,5,11-12,21-22,25H2,1-4H3. The van der Waals surface area contributed by atoms with Crippen LogP contribution in [-0.4, -0.2) is 45.6 Å². The summed E-state index contributed by atoms with van der Waals surface area (Å²) in [6, 6.07) is 29.9. The fourth-order valence-electron chi connectivity index (χ4n) is 6.57. The number of oxime groups is 1. The van der Waals surface area contributed by atoms with Crippen LogP contribution in [0.1, 0.15) is 66.2 Å². The van der Waals surface area contributed by atoms with Crippen molar-refractivity contribution in [3.8, 4) is 0 Å². The maximum absolute atomic E-state index is 13.7. The van der Waals surface area contributed by atoms with Gasteiger partial charge in [0.2, 0.25) is 0 Å². The third-order valence-electron chi connectivity index (χ3n) is 9.15. The molecule has 5 aromatic rings. The van der Waals surface area contributed by atoms with Gasteiger partial charge in [0.25, 0.3) is 0 Å². The molecular formula is C38H39N3O3. The summed E-state index contributed by atoms with van der Waals surface area (Å²) >= 11 is 0. The molecule has 224 valence electrons. The third kappa shape index (κ3) is 5.46. The van der Waals surface area contributed by atoms with E-state index in [-0.39, 0.29) is 11.8 Å². The van der Waals surface area contributed by atoms with E-state index in [0.717, 1.165) is 71.0 Å². The smallest absolute Gasteiger partial charge is 0.341 e. The number of nitrogens with zero attached hydrogens (tertiary/aromatic N) is 3. The van der Waals surface area contributed by atoms with Gasteiger partial charge in [0.05, 0.1) is 5.71 Å². The van der Waals surface area contributed by atoms with Crippen LogP contribution in [-0.2, 0) is 22.6 Å². The van der Waals surface area contributed by atoms with E-state index >= 15 is 0 Å². The maximum Gasteiger partial charge on any atom is 0.355 e. The first-order chi connectivity index (χ1) is 21.3. The van der Waals surface area contributed by atoms with Gasteiger partial charge in [-0.15, -0.1) is 0 Å². The molecule has 1 unspecified atom stereocenters. The van der Waals surface area contributed by atoms with E-state index < -0.39 is 5.54 Å². The summed E-state index contributed by atoms with van der Waals surface area (Å²) < 4.78 is 2.26. The molecule has 1 aromatic heterocycles. The van der Waals surface area contributed by atoms with E-state index in [4.69, 9.17) is 4.84 Å². The van der Waals surface area contributed by atoms with Crippen molar-refractivity contribution in [2.75, 3.05) is 13.1 Å². The number of aromatic nitrogens is 1. The van der Waals surface area contributed by atoms with E-state index in [0.29, 0.717) is 23.3 Å². The normalized spacial score (nSPS) is 15.5. The highest BCUT2D eigenvalue weighted by atomic mass is 16.7. The molecule has 44 heavy (non-hydrogen) atoms. The largest absolute Gasteiger partial charge is 0.355 e. The van der Waals surface area contributed by atoms with Gasteiger partial charge in [-0.05, 0) is 101 Å². The van der Waals surface area contributed by atoms with Gasteiger partial charge in [-0.25, -0.2) is 4.79 Å². The van der Waals surface area contributed by atoms with Crippen LogP contribution < -0.4 is 0 Å². The van der Waals surface area contributed by atoms with Crippen molar-refractivity contribution in [2.45, 2.75) is 59.0 Å². The van der Waals surface area contributed by atoms with Crippen LogP contribution in [0.5, 0.6) is 0 Å². The summed E-state index contributed by atoms with van der Waals surface area (Å²) in [5.74, 6) is -0.328. The predicted octanol–water partition coefficient (Wildman–Crippen LogP) is 7.72. The molecule has 6 rings (SSSR count). The van der Waals surface area contributed by atoms with Crippen molar-refractivity contribution >= 4 is 39.3 Å². The SMILES string of the molecule is CCn1c2ccc(C(=O)c3ccccc3C)cc2c2cc(C(C)=NOC(=O)C(C)(Cc3ccccc3)N3CCCC3)ccc21. The van der Waals surface area contributed by atoms with E-state index in [1.807, 2.05) is 87.5 Å². The van der Waals surface area contributed by atoms with Gasteiger partial charge < -0.3 is 9.40 Å². The van der Waals surface area contributed by atoms with E-state index in [2.05, 4.69) is 45.8 Å². The van der Waals surface area contributed by atoms with Gasteiger partial charge >= 0.3 is 5.97 Å². The van der Waals surface area contributed by atoms with Crippen LogP contribution in [0.3, 0.4) is 0 Å². The Labute approximate surface area is 258 Å². The minimum atomic E-state index is -0.805. The molecule has 0 aliphatic carbocycles. The number of fused-ring (bicyclic) bond motifs is 3. The average Bonchev–Trinajstić information content (AvgIpc) is 3.70. The first-order valence-electron chi connectivity index (χ1n) is 15.5. The monoisotopic (exact) mass is 585 g/mol. The fraction of sp³-hybridized carbons (Fsp3) is 0.289. The summed E-state index contributed by atoms with van der Waals surface area (Å²) in [4.78, 5) is 35.1. The molecule has 1 fully saturated rings. The Balaban J connectivity index is 1.32. The Morgan fingerprint density at radius 3 is 2.11 bits per heavy atom. The number of aryl methyl sites for hydroxylation is 2. The van der Waals surface area contributed by atoms with Gasteiger partial charge in [0.15, 0.2) is 5.78 Å². The van der Waals surface area contributed by atoms with Gasteiger partial charge in [-0.3, -0.25) is 9.69 Å². The summed E-state index contributed by atoms with van der Waals surface area (Å²) in [5.41, 5.74) is 6.26. The third-order valence-corrected chi connectivity index (χ3v) is 9.15. The van der Waals surface area contributed by atoms with Gasteiger partial charge in [0.1, 0.15) is 5.54 Å². The number of carbonyl (C=O) groups is 2. The zero-order chi connectivity index (χ0) is 30.8. The number of hydrogen-bond donors (Lipinski definition) is 0. The van der Waals surface area contributed by atoms with Crippen LogP contribution in [0.15, 0.2) is 96.2 Å². The maximum atomic E-state index is 13.7. The zero-order valence-corrected chi connectivity index (χ0v) is 26.0. The molecule has 1 aliphatic rings. The minimum absolute atomic E-state index is 0.0137. The van der Waals surface area contributed by atoms with E-state index in [9.17, 15) is 9.59 Å². The molecule has 1 saturated heterocycles. The molecule has 0 N–H and O–H groups in total. The second-order valence-corrected chi connectivity index (χ2v) is 12.0. The second-order valence-electron chi connectivity index (χ2n) is 12.0. The zero-order valence-electron chi connectivity index (χ0n) is 26.0. The van der Waals surface area contributed by atoms with E-state index in [1.165, 1.54) is 0 Å². The predicted molar refractivity (Wildman–Crippen MR) is 177 cm³/mol. The topological polar surface area (TPSA) is 63.9 Å². The average molecular weight is 586 g/mol. The molecule has 1 atom stereocenters. The lowest BCUT2D eigenvalue weighted by Gasteiger charge is -2.35. The van der Waals surface area contributed by atoms with Gasteiger partial charge in [-0.2, -0.15) is 0 Å². The lowest BCUT2D eigenvalue weighted by molar-refractivity contribution is -0.157. The highest BCUT2D eigenvalue weighted by Crippen LogP contribution is 2.32. The lowest BCUT2D eigenvalue weighted by Crippen LogP contribution is -2.53. The van der Waals surface area contributed by atoms with Crippen molar-refractivity contribution in [3.63, 3.8) is 0 Å². The first-order valence-corrected chi connectivity index (χ1v) is 15.5. The van der Waals surface area contributed by atoms with Crippen LogP contribution in [0.4, 0.5) is 0 Å². The highest BCUT2D eigenvalue weighted by Gasteiger charge is 2.42. The van der Waals surface area contributed by atoms with Gasteiger partial charge in [0, 0.05) is 45.9 Å². The summed E-state index contributed by atoms with van der Waals surface area (Å²) in [6.07, 6.45) is 2.71. The van der Waals surface area contributed by atoms with Crippen molar-refractivity contribution < 1.29 is 14.4 Å². The molecule has 0 radical (unpaired) electrons. The highest BCUT2D eigenvalue weighted by molar-refractivity contribution is 6.16. The Hall–Kier alpha value is -4.55. The molecule has 1 aliphatic heterocycles. The molecule has 0 bridgehead atoms. The summed E-state index contributed by atoms with van der Waals surface area (Å²) in [7, 11) is 0. The minimum Gasteiger partial charge on any atom is -0.341 e. The second kappa shape index (κ2) is 12.2. The molecule has 0 saturated carbocycles. The first kappa shape index (κ1) is 29.5. The van der Waals surface area contributed by atoms with Crippen LogP contribution in [0.2, 0.25) is 0 Å². The fourth-order valence-corrected chi connectivity index (χ4v) is 6.57. The van der Waals surface area contributed by atoms with Crippen LogP contribution in [0, 0.1) is 6.92 Å². The Morgan fingerprint density at radius 2 is 1.45 bits per heavy atom. The van der Waals surface area contributed by atoms with Crippen molar-refractivity contribution in [1.29, 1.82) is 0 Å². The quantitative estimate of drug-likeness (QED) is 0.0769. The van der Waals surface area contributed by atoms with Crippen molar-refractivity contribution in [2.24, 2.45) is 5.16 Å². The Morgan fingerprint density at radius 1 is 0.841 bits per heavy atom. The molecule has 6 heteroatoms.